The third-order valence-electron chi connectivity index (χ3n) is 5.01. The van der Waals surface area contributed by atoms with Gasteiger partial charge >= 0.3 is 0 Å². The van der Waals surface area contributed by atoms with Gasteiger partial charge in [-0.15, -0.1) is 0 Å². The summed E-state index contributed by atoms with van der Waals surface area (Å²) in [6, 6.07) is -0.207. The van der Waals surface area contributed by atoms with Gasteiger partial charge in [0.2, 0.25) is 0 Å². The van der Waals surface area contributed by atoms with Gasteiger partial charge in [-0.05, 0) is 68.1 Å². The molecule has 0 amide bonds. The van der Waals surface area contributed by atoms with Crippen molar-refractivity contribution in [1.82, 2.24) is 0 Å². The molecule has 2 heteroatoms. The zero-order chi connectivity index (χ0) is 10.5. The fraction of sp³-hybridized carbons (Fsp3) is 0.923. The third-order valence-corrected chi connectivity index (χ3v) is 5.01. The summed E-state index contributed by atoms with van der Waals surface area (Å²) in [7, 11) is 0. The molecule has 0 radical (unpaired) electrons. The molecule has 4 bridgehead atoms. The summed E-state index contributed by atoms with van der Waals surface area (Å²) in [6.07, 6.45) is 10.4. The number of rotatable bonds is 3. The first-order valence-electron chi connectivity index (χ1n) is 6.40. The molecular weight excluding hydrogens is 186 g/mol. The summed E-state index contributed by atoms with van der Waals surface area (Å²) in [6.45, 7) is 0. The van der Waals surface area contributed by atoms with E-state index >= 15 is 0 Å². The maximum absolute atomic E-state index is 10.7. The zero-order valence-corrected chi connectivity index (χ0v) is 9.32. The van der Waals surface area contributed by atoms with E-state index < -0.39 is 0 Å². The van der Waals surface area contributed by atoms with Crippen molar-refractivity contribution in [3.8, 4) is 0 Å². The van der Waals surface area contributed by atoms with Crippen LogP contribution in [0.3, 0.4) is 0 Å². The average Bonchev–Trinajstić information content (AvgIpc) is 2.14. The summed E-state index contributed by atoms with van der Waals surface area (Å²) in [5.74, 6) is 2.90. The molecule has 0 aliphatic heterocycles. The van der Waals surface area contributed by atoms with Crippen LogP contribution >= 0.6 is 0 Å². The van der Waals surface area contributed by atoms with Crippen molar-refractivity contribution in [2.45, 2.75) is 51.0 Å². The smallest absolute Gasteiger partial charge is 0.136 e. The summed E-state index contributed by atoms with van der Waals surface area (Å²) >= 11 is 0. The molecule has 0 spiro atoms. The van der Waals surface area contributed by atoms with Crippen LogP contribution in [0.2, 0.25) is 0 Å². The van der Waals surface area contributed by atoms with E-state index in [1.807, 2.05) is 0 Å². The van der Waals surface area contributed by atoms with Crippen LogP contribution in [0.1, 0.15) is 44.9 Å². The predicted molar refractivity (Wildman–Crippen MR) is 59.3 cm³/mol. The number of hydrogen-bond acceptors (Lipinski definition) is 2. The molecule has 1 atom stereocenters. The Kier molecular flexibility index (Phi) is 2.17. The molecule has 4 fully saturated rings. The minimum atomic E-state index is -0.207. The highest BCUT2D eigenvalue weighted by Crippen LogP contribution is 2.61. The van der Waals surface area contributed by atoms with Gasteiger partial charge in [-0.1, -0.05) is 0 Å². The van der Waals surface area contributed by atoms with Crippen LogP contribution in [-0.2, 0) is 4.79 Å². The predicted octanol–water partition coefficient (Wildman–Crippen LogP) is 2.12. The lowest BCUT2D eigenvalue weighted by atomic mass is 9.48. The second-order valence-electron chi connectivity index (χ2n) is 6.42. The standard InChI is InChI=1S/C13H21NO/c14-12(8-15)7-13-4-9-1-10(5-13)3-11(2-9)6-13/h8-12H,1-7,14H2/t9?,10?,11?,12-,13?/m0/s1. The minimum Gasteiger partial charge on any atom is -0.322 e. The first-order chi connectivity index (χ1) is 7.19. The Morgan fingerprint density at radius 1 is 1.13 bits per heavy atom. The maximum atomic E-state index is 10.7. The molecule has 0 aromatic carbocycles. The van der Waals surface area contributed by atoms with Gasteiger partial charge in [0.25, 0.3) is 0 Å². The highest BCUT2D eigenvalue weighted by Gasteiger charge is 2.50. The van der Waals surface area contributed by atoms with Crippen LogP contribution in [0.5, 0.6) is 0 Å². The van der Waals surface area contributed by atoms with Crippen LogP contribution < -0.4 is 5.73 Å². The number of carbonyl (C=O) groups is 1. The number of nitrogens with two attached hydrogens (primary N) is 1. The van der Waals surface area contributed by atoms with Gasteiger partial charge in [-0.2, -0.15) is 0 Å². The van der Waals surface area contributed by atoms with Crippen molar-refractivity contribution < 1.29 is 4.79 Å². The lowest BCUT2D eigenvalue weighted by molar-refractivity contribution is -0.111. The van der Waals surface area contributed by atoms with Gasteiger partial charge in [0.1, 0.15) is 6.29 Å². The molecule has 84 valence electrons. The fourth-order valence-corrected chi connectivity index (χ4v) is 5.09. The first kappa shape index (κ1) is 9.83. The Morgan fingerprint density at radius 3 is 2.00 bits per heavy atom. The van der Waals surface area contributed by atoms with Gasteiger partial charge in [-0.25, -0.2) is 0 Å². The molecule has 2 N–H and O–H groups in total. The van der Waals surface area contributed by atoms with Crippen molar-refractivity contribution in [3.63, 3.8) is 0 Å². The largest absolute Gasteiger partial charge is 0.322 e. The zero-order valence-electron chi connectivity index (χ0n) is 9.32. The molecule has 0 unspecified atom stereocenters. The van der Waals surface area contributed by atoms with E-state index in [-0.39, 0.29) is 6.04 Å². The molecule has 4 aliphatic carbocycles. The molecule has 0 saturated heterocycles. The topological polar surface area (TPSA) is 43.1 Å². The summed E-state index contributed by atoms with van der Waals surface area (Å²) < 4.78 is 0. The number of hydrogen-bond donors (Lipinski definition) is 1. The summed E-state index contributed by atoms with van der Waals surface area (Å²) in [5.41, 5.74) is 6.29. The van der Waals surface area contributed by atoms with E-state index in [1.165, 1.54) is 38.5 Å². The van der Waals surface area contributed by atoms with Crippen LogP contribution in [-0.4, -0.2) is 12.3 Å². The van der Waals surface area contributed by atoms with Crippen molar-refractivity contribution in [2.24, 2.45) is 28.9 Å². The molecule has 0 aromatic heterocycles. The van der Waals surface area contributed by atoms with Gasteiger partial charge < -0.3 is 10.5 Å². The van der Waals surface area contributed by atoms with Crippen LogP contribution in [0, 0.1) is 23.2 Å². The fourth-order valence-electron chi connectivity index (χ4n) is 5.09. The Labute approximate surface area is 91.6 Å². The number of carbonyl (C=O) groups excluding carboxylic acids is 1. The third kappa shape index (κ3) is 1.63. The SMILES string of the molecule is N[C@H](C=O)CC12CC3CC(CC(C3)C1)C2. The lowest BCUT2D eigenvalue weighted by Crippen LogP contribution is -2.48. The van der Waals surface area contributed by atoms with E-state index in [1.54, 1.807) is 0 Å². The molecule has 2 nitrogen and oxygen atoms in total. The molecule has 4 saturated carbocycles. The second kappa shape index (κ2) is 3.31. The highest BCUT2D eigenvalue weighted by molar-refractivity contribution is 5.57. The molecular formula is C13H21NO. The molecule has 15 heavy (non-hydrogen) atoms. The monoisotopic (exact) mass is 207 g/mol. The Morgan fingerprint density at radius 2 is 1.60 bits per heavy atom. The van der Waals surface area contributed by atoms with Gasteiger partial charge in [-0.3, -0.25) is 0 Å². The normalized spacial score (nSPS) is 49.3. The van der Waals surface area contributed by atoms with Gasteiger partial charge in [0.05, 0.1) is 6.04 Å². The molecule has 4 aliphatic rings. The van der Waals surface area contributed by atoms with E-state index in [9.17, 15) is 4.79 Å². The average molecular weight is 207 g/mol. The minimum absolute atomic E-state index is 0.207. The highest BCUT2D eigenvalue weighted by atomic mass is 16.1. The summed E-state index contributed by atoms with van der Waals surface area (Å²) in [5, 5.41) is 0. The Balaban J connectivity index is 1.78. The number of aldehydes is 1. The Bertz CT molecular complexity index is 238. The first-order valence-corrected chi connectivity index (χ1v) is 6.40. The van der Waals surface area contributed by atoms with Crippen LogP contribution in [0.15, 0.2) is 0 Å². The van der Waals surface area contributed by atoms with E-state index in [4.69, 9.17) is 5.73 Å². The van der Waals surface area contributed by atoms with Gasteiger partial charge in [0, 0.05) is 0 Å². The van der Waals surface area contributed by atoms with Crippen molar-refractivity contribution in [1.29, 1.82) is 0 Å². The summed E-state index contributed by atoms with van der Waals surface area (Å²) in [4.78, 5) is 10.7. The van der Waals surface area contributed by atoms with Crippen molar-refractivity contribution in [3.05, 3.63) is 0 Å². The van der Waals surface area contributed by atoms with Crippen molar-refractivity contribution >= 4 is 6.29 Å². The Hall–Kier alpha value is -0.370. The van der Waals surface area contributed by atoms with E-state index in [0.717, 1.165) is 30.5 Å². The van der Waals surface area contributed by atoms with Crippen LogP contribution in [0.4, 0.5) is 0 Å². The quantitative estimate of drug-likeness (QED) is 0.720. The molecule has 0 heterocycles. The maximum Gasteiger partial charge on any atom is 0.136 e. The van der Waals surface area contributed by atoms with E-state index in [0.29, 0.717) is 5.41 Å². The van der Waals surface area contributed by atoms with Crippen LogP contribution in [0.25, 0.3) is 0 Å². The molecule has 0 aromatic rings. The van der Waals surface area contributed by atoms with E-state index in [2.05, 4.69) is 0 Å². The van der Waals surface area contributed by atoms with Gasteiger partial charge in [0.15, 0.2) is 0 Å². The lowest BCUT2D eigenvalue weighted by Gasteiger charge is -2.57. The molecule has 4 rings (SSSR count). The van der Waals surface area contributed by atoms with Crippen molar-refractivity contribution in [2.75, 3.05) is 0 Å². The second-order valence-corrected chi connectivity index (χ2v) is 6.42.